The fraction of sp³-hybridized carbons (Fsp3) is 0.350. The largest absolute Gasteiger partial charge is 0.491 e. The maximum Gasteiger partial charge on any atom is 0.257 e. The summed E-state index contributed by atoms with van der Waals surface area (Å²) in [7, 11) is 0. The van der Waals surface area contributed by atoms with Gasteiger partial charge in [0, 0.05) is 24.6 Å². The molecule has 0 saturated carbocycles. The maximum absolute atomic E-state index is 12.4. The first-order valence-corrected chi connectivity index (χ1v) is 8.66. The second-order valence-corrected chi connectivity index (χ2v) is 6.71. The molecule has 26 heavy (non-hydrogen) atoms. The molecule has 0 aliphatic heterocycles. The van der Waals surface area contributed by atoms with Gasteiger partial charge in [0.25, 0.3) is 11.8 Å². The Morgan fingerprint density at radius 1 is 1.00 bits per heavy atom. The average Bonchev–Trinajstić information content (AvgIpc) is 2.61. The molecular weight excluding hydrogens is 330 g/mol. The van der Waals surface area contributed by atoms with Crippen molar-refractivity contribution in [1.82, 2.24) is 10.3 Å². The lowest BCUT2D eigenvalue weighted by Gasteiger charge is -2.11. The van der Waals surface area contributed by atoms with Crippen LogP contribution in [0.15, 0.2) is 42.7 Å². The van der Waals surface area contributed by atoms with Crippen LogP contribution in [0.5, 0.6) is 5.75 Å². The van der Waals surface area contributed by atoms with Gasteiger partial charge in [0.2, 0.25) is 0 Å². The number of aromatic nitrogens is 1. The van der Waals surface area contributed by atoms with Crippen LogP contribution in [-0.4, -0.2) is 29.4 Å². The molecule has 0 aliphatic rings. The number of benzene rings is 1. The minimum absolute atomic E-state index is 0.0890. The van der Waals surface area contributed by atoms with E-state index >= 15 is 0 Å². The molecule has 1 heterocycles. The molecule has 1 aromatic carbocycles. The van der Waals surface area contributed by atoms with E-state index in [4.69, 9.17) is 4.74 Å². The van der Waals surface area contributed by atoms with Crippen LogP contribution < -0.4 is 15.4 Å². The first-order valence-electron chi connectivity index (χ1n) is 8.66. The lowest BCUT2D eigenvalue weighted by atomic mass is 10.1. The van der Waals surface area contributed by atoms with Gasteiger partial charge in [-0.2, -0.15) is 0 Å². The summed E-state index contributed by atoms with van der Waals surface area (Å²) in [4.78, 5) is 28.5. The molecule has 2 amide bonds. The second kappa shape index (κ2) is 8.99. The lowest BCUT2D eigenvalue weighted by Crippen LogP contribution is -2.27. The van der Waals surface area contributed by atoms with Crippen molar-refractivity contribution >= 4 is 17.5 Å². The van der Waals surface area contributed by atoms with Crippen LogP contribution in [0.1, 0.15) is 48.4 Å². The summed E-state index contributed by atoms with van der Waals surface area (Å²) >= 11 is 0. The van der Waals surface area contributed by atoms with E-state index in [0.717, 1.165) is 5.75 Å². The number of hydrogen-bond donors (Lipinski definition) is 2. The molecule has 6 heteroatoms. The number of carbonyl (C=O) groups excluding carboxylic acids is 2. The number of carbonyl (C=O) groups is 2. The van der Waals surface area contributed by atoms with Gasteiger partial charge in [0.15, 0.2) is 0 Å². The normalized spacial score (nSPS) is 10.7. The zero-order chi connectivity index (χ0) is 19.1. The quantitative estimate of drug-likeness (QED) is 0.796. The lowest BCUT2D eigenvalue weighted by molar-refractivity contribution is 0.0948. The Balaban J connectivity index is 2.03. The summed E-state index contributed by atoms with van der Waals surface area (Å²) in [5.74, 6) is 0.522. The molecule has 0 saturated heterocycles. The van der Waals surface area contributed by atoms with Crippen LogP contribution in [0.2, 0.25) is 0 Å². The van der Waals surface area contributed by atoms with Crippen molar-refractivity contribution in [1.29, 1.82) is 0 Å². The van der Waals surface area contributed by atoms with Crippen molar-refractivity contribution in [2.45, 2.75) is 33.8 Å². The number of nitrogens with one attached hydrogen (secondary N) is 2. The highest BCUT2D eigenvalue weighted by Crippen LogP contribution is 2.17. The minimum Gasteiger partial charge on any atom is -0.491 e. The fourth-order valence-electron chi connectivity index (χ4n) is 2.18. The predicted octanol–water partition coefficient (Wildman–Crippen LogP) is 3.51. The number of rotatable bonds is 7. The molecule has 0 atom stereocenters. The van der Waals surface area contributed by atoms with Gasteiger partial charge < -0.3 is 15.4 Å². The zero-order valence-electron chi connectivity index (χ0n) is 15.6. The summed E-state index contributed by atoms with van der Waals surface area (Å²) in [6.45, 7) is 8.50. The highest BCUT2D eigenvalue weighted by Gasteiger charge is 2.12. The Hall–Kier alpha value is -2.89. The van der Waals surface area contributed by atoms with Gasteiger partial charge in [-0.1, -0.05) is 13.8 Å². The highest BCUT2D eigenvalue weighted by atomic mass is 16.5. The Kier molecular flexibility index (Phi) is 6.72. The zero-order valence-corrected chi connectivity index (χ0v) is 15.6. The molecular formula is C20H25N3O3. The van der Waals surface area contributed by atoms with E-state index < -0.39 is 0 Å². The molecule has 2 N–H and O–H groups in total. The van der Waals surface area contributed by atoms with Crippen LogP contribution >= 0.6 is 0 Å². The second-order valence-electron chi connectivity index (χ2n) is 6.71. The average molecular weight is 355 g/mol. The number of anilines is 1. The first-order chi connectivity index (χ1) is 12.3. The van der Waals surface area contributed by atoms with Gasteiger partial charge in [-0.25, -0.2) is 0 Å². The van der Waals surface area contributed by atoms with Crippen molar-refractivity contribution in [2.24, 2.45) is 5.92 Å². The predicted molar refractivity (Wildman–Crippen MR) is 102 cm³/mol. The molecule has 1 aromatic heterocycles. The van der Waals surface area contributed by atoms with Crippen molar-refractivity contribution < 1.29 is 14.3 Å². The number of nitrogens with zero attached hydrogens (tertiary/aromatic N) is 1. The third-order valence-corrected chi connectivity index (χ3v) is 3.42. The van der Waals surface area contributed by atoms with E-state index in [1.165, 1.54) is 18.5 Å². The fourth-order valence-corrected chi connectivity index (χ4v) is 2.18. The summed E-state index contributed by atoms with van der Waals surface area (Å²) < 4.78 is 5.57. The number of hydrogen-bond acceptors (Lipinski definition) is 4. The molecule has 0 bridgehead atoms. The van der Waals surface area contributed by atoms with Crippen LogP contribution in [0, 0.1) is 5.92 Å². The molecule has 0 aliphatic carbocycles. The molecule has 0 spiro atoms. The van der Waals surface area contributed by atoms with Gasteiger partial charge in [0.1, 0.15) is 5.75 Å². The summed E-state index contributed by atoms with van der Waals surface area (Å²) in [5, 5.41) is 5.60. The van der Waals surface area contributed by atoms with Crippen molar-refractivity contribution in [3.05, 3.63) is 53.9 Å². The Morgan fingerprint density at radius 2 is 1.62 bits per heavy atom. The molecule has 0 fully saturated rings. The molecule has 6 nitrogen and oxygen atoms in total. The maximum atomic E-state index is 12.4. The van der Waals surface area contributed by atoms with Crippen LogP contribution in [0.3, 0.4) is 0 Å². The monoisotopic (exact) mass is 355 g/mol. The van der Waals surface area contributed by atoms with E-state index in [2.05, 4.69) is 15.6 Å². The molecule has 0 unspecified atom stereocenters. The van der Waals surface area contributed by atoms with Crippen LogP contribution in [0.25, 0.3) is 0 Å². The SMILES string of the molecule is CC(C)CNC(=O)c1cncc(C(=O)Nc2ccc(OC(C)C)cc2)c1. The number of pyridine rings is 1. The topological polar surface area (TPSA) is 80.3 Å². The third-order valence-electron chi connectivity index (χ3n) is 3.42. The van der Waals surface area contributed by atoms with Gasteiger partial charge >= 0.3 is 0 Å². The minimum atomic E-state index is -0.325. The molecule has 0 radical (unpaired) electrons. The van der Waals surface area contributed by atoms with Crippen molar-refractivity contribution in [3.8, 4) is 5.75 Å². The van der Waals surface area contributed by atoms with Crippen LogP contribution in [-0.2, 0) is 0 Å². The van der Waals surface area contributed by atoms with Gasteiger partial charge in [0.05, 0.1) is 17.2 Å². The first kappa shape index (κ1) is 19.4. The van der Waals surface area contributed by atoms with Crippen molar-refractivity contribution in [3.63, 3.8) is 0 Å². The standard InChI is InChI=1S/C20H25N3O3/c1-13(2)10-22-19(24)15-9-16(12-21-11-15)20(25)23-17-5-7-18(8-6-17)26-14(3)4/h5-9,11-14H,10H2,1-4H3,(H,22,24)(H,23,25). The Bertz CT molecular complexity index is 755. The molecule has 2 rings (SSSR count). The smallest absolute Gasteiger partial charge is 0.257 e. The van der Waals surface area contributed by atoms with Crippen molar-refractivity contribution in [2.75, 3.05) is 11.9 Å². The van der Waals surface area contributed by atoms with E-state index in [1.54, 1.807) is 24.3 Å². The third kappa shape index (κ3) is 5.88. The summed E-state index contributed by atoms with van der Waals surface area (Å²) in [6.07, 6.45) is 2.97. The Morgan fingerprint density at radius 3 is 2.19 bits per heavy atom. The van der Waals surface area contributed by atoms with E-state index in [0.29, 0.717) is 29.3 Å². The van der Waals surface area contributed by atoms with Crippen LogP contribution in [0.4, 0.5) is 5.69 Å². The summed E-state index contributed by atoms with van der Waals surface area (Å²) in [6, 6.07) is 8.66. The van der Waals surface area contributed by atoms with E-state index in [-0.39, 0.29) is 17.9 Å². The van der Waals surface area contributed by atoms with Gasteiger partial charge in [-0.3, -0.25) is 14.6 Å². The molecule has 138 valence electrons. The Labute approximate surface area is 154 Å². The number of ether oxygens (including phenoxy) is 1. The van der Waals surface area contributed by atoms with Gasteiger partial charge in [-0.15, -0.1) is 0 Å². The number of amides is 2. The summed E-state index contributed by atoms with van der Waals surface area (Å²) in [5.41, 5.74) is 1.32. The van der Waals surface area contributed by atoms with E-state index in [9.17, 15) is 9.59 Å². The van der Waals surface area contributed by atoms with E-state index in [1.807, 2.05) is 27.7 Å². The molecule has 2 aromatic rings. The highest BCUT2D eigenvalue weighted by molar-refractivity contribution is 6.05. The van der Waals surface area contributed by atoms with Gasteiger partial charge in [-0.05, 0) is 50.1 Å².